The van der Waals surface area contributed by atoms with Gasteiger partial charge in [-0.05, 0) is 89.9 Å². The lowest BCUT2D eigenvalue weighted by Crippen LogP contribution is -2.60. The molecule has 0 spiro atoms. The average molecular weight is 1170 g/mol. The normalized spacial score (nSPS) is 18.5. The van der Waals surface area contributed by atoms with Crippen LogP contribution in [-0.2, 0) is 23.8 Å². The smallest absolute Gasteiger partial charge is 0.305 e. The number of allylic oxidation sites excluding steroid dienone is 9. The lowest BCUT2D eigenvalue weighted by molar-refractivity contribution is -0.302. The summed E-state index contributed by atoms with van der Waals surface area (Å²) in [5.74, 6) is -0.190. The first-order chi connectivity index (χ1) is 40.7. The summed E-state index contributed by atoms with van der Waals surface area (Å²) in [5, 5.41) is 54.3. The van der Waals surface area contributed by atoms with Crippen molar-refractivity contribution in [2.75, 3.05) is 19.8 Å². The minimum absolute atomic E-state index is 0.00892. The number of nitrogens with one attached hydrogen (secondary N) is 1. The van der Waals surface area contributed by atoms with E-state index in [1.54, 1.807) is 6.08 Å². The van der Waals surface area contributed by atoms with Crippen LogP contribution in [-0.4, -0.2) is 100 Å². The van der Waals surface area contributed by atoms with Crippen molar-refractivity contribution in [3.05, 3.63) is 60.8 Å². The van der Waals surface area contributed by atoms with Gasteiger partial charge in [-0.2, -0.15) is 0 Å². The number of rotatable bonds is 61. The molecule has 11 nitrogen and oxygen atoms in total. The molecule has 1 rings (SSSR count). The van der Waals surface area contributed by atoms with Crippen LogP contribution in [0.15, 0.2) is 60.8 Å². The Morgan fingerprint density at radius 2 is 0.831 bits per heavy atom. The molecule has 0 saturated carbocycles. The predicted molar refractivity (Wildman–Crippen MR) is 347 cm³/mol. The Bertz CT molecular complexity index is 1560. The molecule has 7 atom stereocenters. The number of carbonyl (C=O) groups is 2. The molecule has 0 radical (unpaired) electrons. The van der Waals surface area contributed by atoms with Crippen LogP contribution < -0.4 is 5.32 Å². The van der Waals surface area contributed by atoms with Crippen LogP contribution in [0.4, 0.5) is 0 Å². The molecule has 83 heavy (non-hydrogen) atoms. The van der Waals surface area contributed by atoms with Crippen LogP contribution in [0.25, 0.3) is 0 Å². The number of ether oxygens (including phenoxy) is 3. The van der Waals surface area contributed by atoms with E-state index in [4.69, 9.17) is 14.2 Å². The van der Waals surface area contributed by atoms with E-state index in [9.17, 15) is 35.1 Å². The highest BCUT2D eigenvalue weighted by Crippen LogP contribution is 2.23. The zero-order valence-electron chi connectivity index (χ0n) is 53.7. The molecule has 0 aromatic heterocycles. The van der Waals surface area contributed by atoms with Crippen molar-refractivity contribution in [3.63, 3.8) is 0 Å². The second kappa shape index (κ2) is 61.0. The molecule has 1 saturated heterocycles. The fourth-order valence-corrected chi connectivity index (χ4v) is 10.8. The molecule has 0 bridgehead atoms. The summed E-state index contributed by atoms with van der Waals surface area (Å²) < 4.78 is 16.7. The topological polar surface area (TPSA) is 175 Å². The van der Waals surface area contributed by atoms with Crippen molar-refractivity contribution in [1.29, 1.82) is 0 Å². The number of unbranched alkanes of at least 4 members (excludes halogenated alkanes) is 39. The number of hydrogen-bond acceptors (Lipinski definition) is 10. The second-order valence-electron chi connectivity index (χ2n) is 24.2. The third kappa shape index (κ3) is 50.1. The molecule has 0 aromatic carbocycles. The monoisotopic (exact) mass is 1170 g/mol. The summed E-state index contributed by atoms with van der Waals surface area (Å²) in [5.41, 5.74) is 0. The largest absolute Gasteiger partial charge is 0.466 e. The molecular weight excluding hydrogens is 1040 g/mol. The van der Waals surface area contributed by atoms with Crippen molar-refractivity contribution < 1.29 is 49.3 Å². The van der Waals surface area contributed by atoms with Crippen LogP contribution in [0.1, 0.15) is 322 Å². The molecule has 1 amide bonds. The van der Waals surface area contributed by atoms with Crippen LogP contribution in [0.2, 0.25) is 0 Å². The SMILES string of the molecule is CCC/C=C\C/C=C\CCCCCCCC(=O)OCCCCCCCCCCC/C=C\C/C=C\CCCCCCCCCCCCCCCCCCCC(=O)NC(COC1OC(CO)C(O)C(O)C1O)C(O)/C=C/CCCCCCCCC. The number of carbonyl (C=O) groups excluding carboxylic acids is 2. The van der Waals surface area contributed by atoms with Crippen molar-refractivity contribution in [3.8, 4) is 0 Å². The van der Waals surface area contributed by atoms with Gasteiger partial charge in [0.1, 0.15) is 24.4 Å². The first kappa shape index (κ1) is 78.4. The zero-order valence-corrected chi connectivity index (χ0v) is 53.7. The standard InChI is InChI=1S/C72H131NO10/c1-3-5-7-9-11-13-14-36-40-44-48-52-56-60-68(77)81-61-57-53-49-45-41-38-35-33-31-29-27-25-23-21-19-17-15-16-18-20-22-24-26-28-30-32-34-37-39-43-47-51-55-59-67(76)73-64(65(75)58-54-50-46-42-12-10-8-6-4-2)63-82-72-71(80)70(79)69(78)66(62-74)83-72/h7,9,13-14,19,21,25,27,54,58,64-66,69-72,74-75,78-80H,3-6,8,10-12,15-18,20,22-24,26,28-53,55-57,59-63H2,1-2H3,(H,73,76)/b9-7-,14-13-,21-19-,27-25-,58-54+. The van der Waals surface area contributed by atoms with Gasteiger partial charge >= 0.3 is 5.97 Å². The highest BCUT2D eigenvalue weighted by atomic mass is 16.7. The van der Waals surface area contributed by atoms with Gasteiger partial charge in [0.05, 0.1) is 32.0 Å². The summed E-state index contributed by atoms with van der Waals surface area (Å²) in [6.07, 6.45) is 70.9. The minimum atomic E-state index is -1.57. The molecule has 1 aliphatic rings. The van der Waals surface area contributed by atoms with Gasteiger partial charge in [0.2, 0.25) is 5.91 Å². The van der Waals surface area contributed by atoms with Gasteiger partial charge in [0.25, 0.3) is 0 Å². The van der Waals surface area contributed by atoms with Crippen LogP contribution in [0, 0.1) is 0 Å². The average Bonchev–Trinajstić information content (AvgIpc) is 3.54. The Labute approximate surface area is 509 Å². The lowest BCUT2D eigenvalue weighted by atomic mass is 9.99. The molecule has 1 fully saturated rings. The van der Waals surface area contributed by atoms with Crippen molar-refractivity contribution in [1.82, 2.24) is 5.32 Å². The molecule has 6 N–H and O–H groups in total. The van der Waals surface area contributed by atoms with Gasteiger partial charge in [-0.25, -0.2) is 0 Å². The van der Waals surface area contributed by atoms with Crippen molar-refractivity contribution in [2.45, 2.75) is 365 Å². The zero-order chi connectivity index (χ0) is 60.2. The number of hydrogen-bond donors (Lipinski definition) is 6. The highest BCUT2D eigenvalue weighted by molar-refractivity contribution is 5.76. The first-order valence-electron chi connectivity index (χ1n) is 35.1. The minimum Gasteiger partial charge on any atom is -0.466 e. The number of aliphatic hydroxyl groups is 5. The number of amides is 1. The molecule has 1 aliphatic heterocycles. The molecule has 7 unspecified atom stereocenters. The van der Waals surface area contributed by atoms with Crippen molar-refractivity contribution >= 4 is 11.9 Å². The van der Waals surface area contributed by atoms with E-state index in [0.717, 1.165) is 70.6 Å². The Kier molecular flexibility index (Phi) is 57.6. The molecule has 484 valence electrons. The van der Waals surface area contributed by atoms with Gasteiger partial charge in [-0.3, -0.25) is 9.59 Å². The maximum Gasteiger partial charge on any atom is 0.305 e. The van der Waals surface area contributed by atoms with E-state index in [1.165, 1.54) is 225 Å². The van der Waals surface area contributed by atoms with E-state index in [-0.39, 0.29) is 18.5 Å². The maximum absolute atomic E-state index is 13.0. The summed E-state index contributed by atoms with van der Waals surface area (Å²) in [6, 6.07) is -0.808. The molecular formula is C72H131NO10. The van der Waals surface area contributed by atoms with E-state index in [2.05, 4.69) is 67.8 Å². The van der Waals surface area contributed by atoms with E-state index in [1.807, 2.05) is 6.08 Å². The molecule has 1 heterocycles. The van der Waals surface area contributed by atoms with Crippen LogP contribution in [0.3, 0.4) is 0 Å². The van der Waals surface area contributed by atoms with Gasteiger partial charge in [-0.1, -0.05) is 280 Å². The Morgan fingerprint density at radius 3 is 1.27 bits per heavy atom. The van der Waals surface area contributed by atoms with Crippen molar-refractivity contribution in [2.24, 2.45) is 0 Å². The predicted octanol–water partition coefficient (Wildman–Crippen LogP) is 17.7. The molecule has 11 heteroatoms. The first-order valence-corrected chi connectivity index (χ1v) is 35.1. The third-order valence-electron chi connectivity index (χ3n) is 16.3. The summed E-state index contributed by atoms with van der Waals surface area (Å²) in [7, 11) is 0. The van der Waals surface area contributed by atoms with E-state index >= 15 is 0 Å². The highest BCUT2D eigenvalue weighted by Gasteiger charge is 2.44. The Morgan fingerprint density at radius 1 is 0.446 bits per heavy atom. The lowest BCUT2D eigenvalue weighted by Gasteiger charge is -2.40. The van der Waals surface area contributed by atoms with Crippen LogP contribution in [0.5, 0.6) is 0 Å². The van der Waals surface area contributed by atoms with E-state index < -0.39 is 49.5 Å². The quantitative estimate of drug-likeness (QED) is 0.0195. The summed E-state index contributed by atoms with van der Waals surface area (Å²) in [4.78, 5) is 25.1. The Balaban J connectivity index is 1.92. The van der Waals surface area contributed by atoms with Gasteiger partial charge < -0.3 is 45.1 Å². The van der Waals surface area contributed by atoms with Gasteiger partial charge in [-0.15, -0.1) is 0 Å². The fourth-order valence-electron chi connectivity index (χ4n) is 10.8. The Hall–Kier alpha value is -2.64. The second-order valence-corrected chi connectivity index (χ2v) is 24.2. The number of aliphatic hydroxyl groups excluding tert-OH is 5. The van der Waals surface area contributed by atoms with E-state index in [0.29, 0.717) is 19.4 Å². The summed E-state index contributed by atoms with van der Waals surface area (Å²) in [6.45, 7) is 4.26. The molecule has 0 aliphatic carbocycles. The maximum atomic E-state index is 13.0. The molecule has 0 aromatic rings. The number of esters is 1. The summed E-state index contributed by atoms with van der Waals surface area (Å²) >= 11 is 0. The van der Waals surface area contributed by atoms with Crippen LogP contribution >= 0.6 is 0 Å². The van der Waals surface area contributed by atoms with Gasteiger partial charge in [0.15, 0.2) is 6.29 Å². The third-order valence-corrected chi connectivity index (χ3v) is 16.3. The van der Waals surface area contributed by atoms with Gasteiger partial charge in [0, 0.05) is 12.8 Å². The fraction of sp³-hybridized carbons (Fsp3) is 0.833.